The Morgan fingerprint density at radius 3 is 2.09 bits per heavy atom. The Balaban J connectivity index is 1.97. The van der Waals surface area contributed by atoms with Crippen molar-refractivity contribution < 1.29 is 22.6 Å². The summed E-state index contributed by atoms with van der Waals surface area (Å²) in [5.74, 6) is 1.16. The van der Waals surface area contributed by atoms with Crippen LogP contribution in [0.5, 0.6) is 17.2 Å². The van der Waals surface area contributed by atoms with Crippen LogP contribution >= 0.6 is 0 Å². The Kier molecular flexibility index (Phi) is 5.64. The molecule has 0 N–H and O–H groups in total. The van der Waals surface area contributed by atoms with Gasteiger partial charge in [-0.05, 0) is 30.2 Å². The molecule has 4 rings (SSSR count). The molecule has 0 unspecified atom stereocenters. The predicted molar refractivity (Wildman–Crippen MR) is 127 cm³/mol. The molecule has 1 aliphatic heterocycles. The lowest BCUT2D eigenvalue weighted by Gasteiger charge is -2.24. The fourth-order valence-electron chi connectivity index (χ4n) is 4.00. The quantitative estimate of drug-likeness (QED) is 0.652. The third-order valence-corrected chi connectivity index (χ3v) is 7.36. The first-order valence-corrected chi connectivity index (χ1v) is 11.5. The van der Waals surface area contributed by atoms with Crippen molar-refractivity contribution in [1.29, 1.82) is 0 Å². The highest BCUT2D eigenvalue weighted by atomic mass is 32.2. The van der Waals surface area contributed by atoms with E-state index in [0.29, 0.717) is 40.0 Å². The van der Waals surface area contributed by atoms with Crippen LogP contribution in [0.4, 0.5) is 11.4 Å². The van der Waals surface area contributed by atoms with Gasteiger partial charge < -0.3 is 19.1 Å². The largest absolute Gasteiger partial charge is 0.493 e. The van der Waals surface area contributed by atoms with Gasteiger partial charge in [-0.3, -0.25) is 0 Å². The summed E-state index contributed by atoms with van der Waals surface area (Å²) in [5.41, 5.74) is 3.63. The van der Waals surface area contributed by atoms with Gasteiger partial charge in [0.25, 0.3) is 10.0 Å². The van der Waals surface area contributed by atoms with Crippen molar-refractivity contribution in [3.05, 3.63) is 70.7 Å². The van der Waals surface area contributed by atoms with Crippen molar-refractivity contribution in [1.82, 2.24) is 0 Å². The lowest BCUT2D eigenvalue weighted by molar-refractivity contribution is 0.324. The minimum absolute atomic E-state index is 0.306. The van der Waals surface area contributed by atoms with Crippen molar-refractivity contribution in [3.63, 3.8) is 0 Å². The van der Waals surface area contributed by atoms with E-state index in [1.54, 1.807) is 24.3 Å². The number of methoxy groups -OCH3 is 3. The topological polar surface area (TPSA) is 68.3 Å². The summed E-state index contributed by atoms with van der Waals surface area (Å²) in [4.78, 5) is 2.30. The minimum atomic E-state index is -3.83. The van der Waals surface area contributed by atoms with Crippen LogP contribution in [0.2, 0.25) is 0 Å². The predicted octanol–water partition coefficient (Wildman–Crippen LogP) is 4.18. The molecule has 7 nitrogen and oxygen atoms in total. The van der Waals surface area contributed by atoms with E-state index in [2.05, 4.69) is 0 Å². The Labute approximate surface area is 188 Å². The lowest BCUT2D eigenvalue weighted by atomic mass is 9.99. The van der Waals surface area contributed by atoms with E-state index in [0.717, 1.165) is 16.8 Å². The number of fused-ring (bicyclic) bond motifs is 1. The number of hydrogen-bond donors (Lipinski definition) is 0. The Morgan fingerprint density at radius 1 is 0.938 bits per heavy atom. The van der Waals surface area contributed by atoms with Gasteiger partial charge in [0.1, 0.15) is 0 Å². The molecule has 2 aromatic rings. The molecule has 0 amide bonds. The summed E-state index contributed by atoms with van der Waals surface area (Å²) in [6, 6.07) is 11.1. The second-order valence-electron chi connectivity index (χ2n) is 7.58. The van der Waals surface area contributed by atoms with Gasteiger partial charge in [0, 0.05) is 37.5 Å². The van der Waals surface area contributed by atoms with Crippen LogP contribution in [-0.2, 0) is 10.0 Å². The molecule has 0 atom stereocenters. The van der Waals surface area contributed by atoms with Crippen LogP contribution in [0.3, 0.4) is 0 Å². The third kappa shape index (κ3) is 3.40. The first-order chi connectivity index (χ1) is 15.3. The molecule has 0 saturated carbocycles. The third-order valence-electron chi connectivity index (χ3n) is 5.55. The van der Waals surface area contributed by atoms with Crippen molar-refractivity contribution in [2.45, 2.75) is 6.42 Å². The molecule has 0 fully saturated rings. The van der Waals surface area contributed by atoms with Gasteiger partial charge in [-0.15, -0.1) is 0 Å². The zero-order valence-electron chi connectivity index (χ0n) is 18.7. The van der Waals surface area contributed by atoms with Crippen molar-refractivity contribution in [2.24, 2.45) is 0 Å². The monoisotopic (exact) mass is 454 g/mol. The molecule has 1 heterocycles. The highest BCUT2D eigenvalue weighted by Crippen LogP contribution is 2.50. The molecule has 0 spiro atoms. The highest BCUT2D eigenvalue weighted by Gasteiger charge is 2.42. The number of sulfonamides is 1. The molecular weight excluding hydrogens is 428 g/mol. The summed E-state index contributed by atoms with van der Waals surface area (Å²) < 4.78 is 45.1. The number of nitrogens with zero attached hydrogens (tertiary/aromatic N) is 2. The first kappa shape index (κ1) is 21.8. The smallest absolute Gasteiger partial charge is 0.269 e. The summed E-state index contributed by atoms with van der Waals surface area (Å²) in [5, 5.41) is 0. The van der Waals surface area contributed by atoms with E-state index in [-0.39, 0.29) is 0 Å². The van der Waals surface area contributed by atoms with E-state index in [9.17, 15) is 8.42 Å². The SMILES string of the molecule is COc1cc(N2C(c3ccc(N(C)C)cc3)=C3CC=CC=C3S2(=O)=O)cc(OC)c1OC. The van der Waals surface area contributed by atoms with Crippen LogP contribution in [0.1, 0.15) is 12.0 Å². The lowest BCUT2D eigenvalue weighted by Crippen LogP contribution is -2.25. The van der Waals surface area contributed by atoms with E-state index in [1.807, 2.05) is 49.3 Å². The van der Waals surface area contributed by atoms with Gasteiger partial charge in [-0.1, -0.05) is 24.3 Å². The van der Waals surface area contributed by atoms with Gasteiger partial charge in [0.2, 0.25) is 5.75 Å². The van der Waals surface area contributed by atoms with Crippen LogP contribution < -0.4 is 23.4 Å². The first-order valence-electron chi connectivity index (χ1n) is 10.1. The Bertz CT molecular complexity index is 1220. The Morgan fingerprint density at radius 2 is 1.56 bits per heavy atom. The van der Waals surface area contributed by atoms with Crippen molar-refractivity contribution in [3.8, 4) is 17.2 Å². The average Bonchev–Trinajstić information content (AvgIpc) is 3.05. The zero-order chi connectivity index (χ0) is 23.0. The van der Waals surface area contributed by atoms with Crippen molar-refractivity contribution in [2.75, 3.05) is 44.6 Å². The number of anilines is 2. The number of hydrogen-bond acceptors (Lipinski definition) is 6. The number of benzene rings is 2. The molecule has 168 valence electrons. The second-order valence-corrected chi connectivity index (χ2v) is 9.34. The van der Waals surface area contributed by atoms with Crippen LogP contribution in [0.15, 0.2) is 65.1 Å². The van der Waals surface area contributed by atoms with Gasteiger partial charge in [-0.2, -0.15) is 0 Å². The van der Waals surface area contributed by atoms with E-state index < -0.39 is 10.0 Å². The van der Waals surface area contributed by atoms with Gasteiger partial charge in [0.05, 0.1) is 37.6 Å². The maximum atomic E-state index is 13.7. The standard InChI is InChI=1S/C24H26N2O5S/c1-25(2)17-12-10-16(11-13-17)23-19-8-6-7-9-22(19)32(27,28)26(23)18-14-20(29-3)24(31-5)21(15-18)30-4/h6-7,9-15H,8H2,1-5H3. The van der Waals surface area contributed by atoms with E-state index in [4.69, 9.17) is 14.2 Å². The fraction of sp³-hybridized carbons (Fsp3) is 0.250. The summed E-state index contributed by atoms with van der Waals surface area (Å²) in [6.07, 6.45) is 5.92. The molecule has 2 aromatic carbocycles. The van der Waals surface area contributed by atoms with Gasteiger partial charge >= 0.3 is 0 Å². The van der Waals surface area contributed by atoms with E-state index in [1.165, 1.54) is 25.6 Å². The molecule has 0 aromatic heterocycles. The molecule has 1 aliphatic carbocycles. The molecule has 0 bridgehead atoms. The average molecular weight is 455 g/mol. The molecule has 2 aliphatic rings. The highest BCUT2D eigenvalue weighted by molar-refractivity contribution is 7.97. The summed E-state index contributed by atoms with van der Waals surface area (Å²) >= 11 is 0. The normalized spacial score (nSPS) is 16.5. The van der Waals surface area contributed by atoms with Crippen LogP contribution in [-0.4, -0.2) is 43.8 Å². The molecular formula is C24H26N2O5S. The second kappa shape index (κ2) is 8.27. The number of allylic oxidation sites excluding steroid dienone is 4. The molecule has 0 radical (unpaired) electrons. The maximum absolute atomic E-state index is 13.7. The fourth-order valence-corrected chi connectivity index (χ4v) is 5.78. The molecule has 32 heavy (non-hydrogen) atoms. The van der Waals surface area contributed by atoms with E-state index >= 15 is 0 Å². The Hall–Kier alpha value is -3.39. The number of ether oxygens (including phenoxy) is 3. The number of rotatable bonds is 6. The zero-order valence-corrected chi connectivity index (χ0v) is 19.6. The van der Waals surface area contributed by atoms with Gasteiger partial charge in [0.15, 0.2) is 11.5 Å². The maximum Gasteiger partial charge on any atom is 0.269 e. The van der Waals surface area contributed by atoms with Crippen LogP contribution in [0.25, 0.3) is 5.70 Å². The molecule has 0 saturated heterocycles. The minimum Gasteiger partial charge on any atom is -0.493 e. The summed E-state index contributed by atoms with van der Waals surface area (Å²) in [6.45, 7) is 0. The van der Waals surface area contributed by atoms with Crippen molar-refractivity contribution >= 4 is 27.1 Å². The van der Waals surface area contributed by atoms with Gasteiger partial charge in [-0.25, -0.2) is 12.7 Å². The summed E-state index contributed by atoms with van der Waals surface area (Å²) in [7, 11) is 4.62. The molecule has 8 heteroatoms. The van der Waals surface area contributed by atoms with Crippen LogP contribution in [0, 0.1) is 0 Å².